The predicted octanol–water partition coefficient (Wildman–Crippen LogP) is 5.33. The molecule has 9 heteroatoms. The molecule has 0 saturated heterocycles. The van der Waals surface area contributed by atoms with Crippen molar-refractivity contribution in [1.82, 2.24) is 10.2 Å². The van der Waals surface area contributed by atoms with Crippen molar-refractivity contribution in [2.75, 3.05) is 18.5 Å². The zero-order chi connectivity index (χ0) is 23.4. The standard InChI is InChI=1S/C23H23Cl2N3O3S/c1-4-28-13(3)19(22(30)31-5-2)20(27-23(28)32)14-6-9-16(10-7-14)26-21(29)15-8-11-17(24)18(25)12-15/h6-12,20H,4-5H2,1-3H3,(H,26,29)(H,27,32). The Hall–Kier alpha value is -2.61. The maximum Gasteiger partial charge on any atom is 0.338 e. The van der Waals surface area contributed by atoms with E-state index in [2.05, 4.69) is 10.6 Å². The lowest BCUT2D eigenvalue weighted by Crippen LogP contribution is -2.47. The Morgan fingerprint density at radius 1 is 1.12 bits per heavy atom. The normalized spacial score (nSPS) is 16.0. The topological polar surface area (TPSA) is 70.7 Å². The average Bonchev–Trinajstić information content (AvgIpc) is 2.76. The summed E-state index contributed by atoms with van der Waals surface area (Å²) >= 11 is 17.4. The number of rotatable bonds is 6. The Kier molecular flexibility index (Phi) is 7.77. The van der Waals surface area contributed by atoms with Crippen molar-refractivity contribution < 1.29 is 14.3 Å². The summed E-state index contributed by atoms with van der Waals surface area (Å²) in [6.07, 6.45) is 0. The number of anilines is 1. The largest absolute Gasteiger partial charge is 0.463 e. The van der Waals surface area contributed by atoms with Gasteiger partial charge in [-0.3, -0.25) is 4.79 Å². The number of hydrogen-bond donors (Lipinski definition) is 2. The molecular weight excluding hydrogens is 469 g/mol. The number of nitrogens with one attached hydrogen (secondary N) is 2. The molecule has 0 bridgehead atoms. The van der Waals surface area contributed by atoms with Gasteiger partial charge in [0.1, 0.15) is 0 Å². The third kappa shape index (κ3) is 5.06. The van der Waals surface area contributed by atoms with Gasteiger partial charge in [-0.1, -0.05) is 35.3 Å². The van der Waals surface area contributed by atoms with Crippen LogP contribution in [0.25, 0.3) is 0 Å². The Bertz CT molecular complexity index is 1090. The number of halogens is 2. The number of nitrogens with zero attached hydrogens (tertiary/aromatic N) is 1. The fourth-order valence-corrected chi connectivity index (χ4v) is 4.17. The first-order chi connectivity index (χ1) is 15.3. The molecule has 2 N–H and O–H groups in total. The molecule has 3 rings (SSSR count). The second-order valence-electron chi connectivity index (χ2n) is 7.05. The highest BCUT2D eigenvalue weighted by atomic mass is 35.5. The zero-order valence-electron chi connectivity index (χ0n) is 17.9. The summed E-state index contributed by atoms with van der Waals surface area (Å²) < 4.78 is 5.29. The number of hydrogen-bond acceptors (Lipinski definition) is 4. The summed E-state index contributed by atoms with van der Waals surface area (Å²) in [5, 5.41) is 7.29. The SMILES string of the molecule is CCOC(=O)C1=C(C)N(CC)C(=S)NC1c1ccc(NC(=O)c2ccc(Cl)c(Cl)c2)cc1. The quantitative estimate of drug-likeness (QED) is 0.420. The number of amides is 1. The maximum atomic E-state index is 12.7. The van der Waals surface area contributed by atoms with Crippen LogP contribution in [-0.4, -0.2) is 35.0 Å². The number of carbonyl (C=O) groups is 2. The molecule has 6 nitrogen and oxygen atoms in total. The Morgan fingerprint density at radius 2 is 1.81 bits per heavy atom. The smallest absolute Gasteiger partial charge is 0.338 e. The van der Waals surface area contributed by atoms with E-state index >= 15 is 0 Å². The van der Waals surface area contributed by atoms with Gasteiger partial charge >= 0.3 is 5.97 Å². The zero-order valence-corrected chi connectivity index (χ0v) is 20.2. The van der Waals surface area contributed by atoms with Gasteiger partial charge in [0.25, 0.3) is 5.91 Å². The van der Waals surface area contributed by atoms with E-state index in [1.807, 2.05) is 30.9 Å². The van der Waals surface area contributed by atoms with E-state index in [4.69, 9.17) is 40.2 Å². The lowest BCUT2D eigenvalue weighted by atomic mass is 9.95. The molecule has 32 heavy (non-hydrogen) atoms. The molecule has 0 aromatic heterocycles. The van der Waals surface area contributed by atoms with E-state index in [-0.39, 0.29) is 18.5 Å². The fraction of sp³-hybridized carbons (Fsp3) is 0.261. The van der Waals surface area contributed by atoms with Crippen molar-refractivity contribution in [2.24, 2.45) is 0 Å². The van der Waals surface area contributed by atoms with Crippen molar-refractivity contribution in [2.45, 2.75) is 26.8 Å². The number of allylic oxidation sites excluding steroid dienone is 1. The van der Waals surface area contributed by atoms with Crippen LogP contribution in [0.1, 0.15) is 42.7 Å². The fourth-order valence-electron chi connectivity index (χ4n) is 3.48. The first kappa shape index (κ1) is 24.0. The third-order valence-corrected chi connectivity index (χ3v) is 6.17. The van der Waals surface area contributed by atoms with Gasteiger partial charge in [0, 0.05) is 23.5 Å². The maximum absolute atomic E-state index is 12.7. The third-order valence-electron chi connectivity index (χ3n) is 5.09. The van der Waals surface area contributed by atoms with Crippen LogP contribution in [0.2, 0.25) is 10.0 Å². The van der Waals surface area contributed by atoms with E-state index in [1.54, 1.807) is 31.2 Å². The Balaban J connectivity index is 1.85. The molecule has 1 amide bonds. The number of thiocarbonyl (C=S) groups is 1. The lowest BCUT2D eigenvalue weighted by Gasteiger charge is -2.37. The first-order valence-electron chi connectivity index (χ1n) is 10.1. The highest BCUT2D eigenvalue weighted by molar-refractivity contribution is 7.80. The highest BCUT2D eigenvalue weighted by Gasteiger charge is 2.34. The molecule has 1 aliphatic rings. The van der Waals surface area contributed by atoms with Gasteiger partial charge in [-0.05, 0) is 68.9 Å². The molecule has 168 valence electrons. The highest BCUT2D eigenvalue weighted by Crippen LogP contribution is 2.32. The van der Waals surface area contributed by atoms with Crippen LogP contribution >= 0.6 is 35.4 Å². The van der Waals surface area contributed by atoms with Crippen molar-refractivity contribution in [3.63, 3.8) is 0 Å². The molecule has 0 saturated carbocycles. The van der Waals surface area contributed by atoms with E-state index < -0.39 is 6.04 Å². The van der Waals surface area contributed by atoms with Crippen molar-refractivity contribution in [3.05, 3.63) is 74.9 Å². The van der Waals surface area contributed by atoms with Crippen LogP contribution in [-0.2, 0) is 9.53 Å². The summed E-state index contributed by atoms with van der Waals surface area (Å²) in [4.78, 5) is 27.1. The molecule has 0 fully saturated rings. The monoisotopic (exact) mass is 491 g/mol. The van der Waals surface area contributed by atoms with Crippen LogP contribution in [0.4, 0.5) is 5.69 Å². The molecule has 2 aromatic rings. The van der Waals surface area contributed by atoms with E-state index in [0.717, 1.165) is 11.3 Å². The van der Waals surface area contributed by atoms with Crippen LogP contribution in [0.3, 0.4) is 0 Å². The molecular formula is C23H23Cl2N3O3S. The van der Waals surface area contributed by atoms with Gasteiger partial charge in [0.15, 0.2) is 5.11 Å². The summed E-state index contributed by atoms with van der Waals surface area (Å²) in [7, 11) is 0. The van der Waals surface area contributed by atoms with E-state index in [1.165, 1.54) is 6.07 Å². The molecule has 1 heterocycles. The molecule has 0 radical (unpaired) electrons. The molecule has 1 aliphatic heterocycles. The number of benzene rings is 2. The van der Waals surface area contributed by atoms with E-state index in [9.17, 15) is 9.59 Å². The van der Waals surface area contributed by atoms with E-state index in [0.29, 0.717) is 38.5 Å². The van der Waals surface area contributed by atoms with Gasteiger partial charge in [-0.25, -0.2) is 4.79 Å². The second kappa shape index (κ2) is 10.3. The predicted molar refractivity (Wildman–Crippen MR) is 131 cm³/mol. The Labute approximate surface area is 202 Å². The van der Waals surface area contributed by atoms with Crippen molar-refractivity contribution in [3.8, 4) is 0 Å². The van der Waals surface area contributed by atoms with Crippen LogP contribution in [0.15, 0.2) is 53.7 Å². The molecule has 0 spiro atoms. The van der Waals surface area contributed by atoms with Crippen LogP contribution in [0, 0.1) is 0 Å². The molecule has 1 atom stereocenters. The molecule has 1 unspecified atom stereocenters. The minimum Gasteiger partial charge on any atom is -0.463 e. The van der Waals surface area contributed by atoms with Crippen molar-refractivity contribution >= 4 is 58.1 Å². The minimum atomic E-state index is -0.454. The Morgan fingerprint density at radius 3 is 2.41 bits per heavy atom. The van der Waals surface area contributed by atoms with Crippen LogP contribution in [0.5, 0.6) is 0 Å². The number of carbonyl (C=O) groups excluding carboxylic acids is 2. The molecule has 2 aromatic carbocycles. The van der Waals surface area contributed by atoms with Crippen LogP contribution < -0.4 is 10.6 Å². The summed E-state index contributed by atoms with van der Waals surface area (Å²) in [6.45, 7) is 6.51. The first-order valence-corrected chi connectivity index (χ1v) is 11.3. The van der Waals surface area contributed by atoms with Gasteiger partial charge in [0.05, 0.1) is 28.3 Å². The van der Waals surface area contributed by atoms with Crippen molar-refractivity contribution in [1.29, 1.82) is 0 Å². The minimum absolute atomic E-state index is 0.276. The second-order valence-corrected chi connectivity index (χ2v) is 8.25. The van der Waals surface area contributed by atoms with Gasteiger partial charge in [-0.15, -0.1) is 0 Å². The number of ether oxygens (including phenoxy) is 1. The number of esters is 1. The summed E-state index contributed by atoms with van der Waals surface area (Å²) in [6, 6.07) is 11.4. The van der Waals surface area contributed by atoms with Gasteiger partial charge in [0.2, 0.25) is 0 Å². The summed E-state index contributed by atoms with van der Waals surface area (Å²) in [5.74, 6) is -0.699. The summed E-state index contributed by atoms with van der Waals surface area (Å²) in [5.41, 5.74) is 3.08. The van der Waals surface area contributed by atoms with Gasteiger partial charge < -0.3 is 20.3 Å². The average molecular weight is 492 g/mol. The lowest BCUT2D eigenvalue weighted by molar-refractivity contribution is -0.139. The van der Waals surface area contributed by atoms with Gasteiger partial charge in [-0.2, -0.15) is 0 Å². The molecule has 0 aliphatic carbocycles.